The van der Waals surface area contributed by atoms with E-state index in [0.29, 0.717) is 5.92 Å². The quantitative estimate of drug-likeness (QED) is 0.895. The van der Waals surface area contributed by atoms with Crippen molar-refractivity contribution in [1.82, 2.24) is 24.6 Å². The molecule has 0 bridgehead atoms. The van der Waals surface area contributed by atoms with Gasteiger partial charge in [0.1, 0.15) is 6.33 Å². The largest absolute Gasteiger partial charge is 0.346 e. The summed E-state index contributed by atoms with van der Waals surface area (Å²) in [5.74, 6) is 0.624. The minimum absolute atomic E-state index is 0.0562. The molecule has 0 saturated heterocycles. The van der Waals surface area contributed by atoms with E-state index in [2.05, 4.69) is 15.4 Å². The molecule has 1 amide bonds. The minimum atomic E-state index is -0.240. The second-order valence-electron chi connectivity index (χ2n) is 6.85. The van der Waals surface area contributed by atoms with E-state index in [-0.39, 0.29) is 23.3 Å². The summed E-state index contributed by atoms with van der Waals surface area (Å²) in [7, 11) is 1.74. The number of pyridine rings is 1. The van der Waals surface area contributed by atoms with Crippen LogP contribution in [0.5, 0.6) is 0 Å². The highest BCUT2D eigenvalue weighted by molar-refractivity contribution is 5.90. The minimum Gasteiger partial charge on any atom is -0.346 e. The molecule has 24 heavy (non-hydrogen) atoms. The summed E-state index contributed by atoms with van der Waals surface area (Å²) >= 11 is 0. The van der Waals surface area contributed by atoms with Gasteiger partial charge in [-0.05, 0) is 43.6 Å². The molecule has 2 aromatic rings. The van der Waals surface area contributed by atoms with E-state index in [4.69, 9.17) is 0 Å². The first-order valence-electron chi connectivity index (χ1n) is 8.48. The number of carbonyl (C=O) groups excluding carboxylic acids is 1. The van der Waals surface area contributed by atoms with E-state index in [9.17, 15) is 9.59 Å². The van der Waals surface area contributed by atoms with Crippen LogP contribution >= 0.6 is 0 Å². The smallest absolute Gasteiger partial charge is 0.291 e. The number of aryl methyl sites for hydroxylation is 1. The van der Waals surface area contributed by atoms with Crippen LogP contribution in [-0.2, 0) is 26.4 Å². The second kappa shape index (κ2) is 5.89. The van der Waals surface area contributed by atoms with Gasteiger partial charge in [0.25, 0.3) is 11.5 Å². The molecular formula is C17H21N5O2. The molecule has 7 heteroatoms. The summed E-state index contributed by atoms with van der Waals surface area (Å²) in [6.07, 6.45) is 6.37. The fourth-order valence-corrected chi connectivity index (χ4v) is 3.40. The van der Waals surface area contributed by atoms with Gasteiger partial charge in [0.05, 0.1) is 0 Å². The average molecular weight is 327 g/mol. The van der Waals surface area contributed by atoms with Crippen molar-refractivity contribution in [3.8, 4) is 0 Å². The Kier molecular flexibility index (Phi) is 3.70. The third-order valence-electron chi connectivity index (χ3n) is 4.86. The zero-order valence-electron chi connectivity index (χ0n) is 13.7. The summed E-state index contributed by atoms with van der Waals surface area (Å²) in [6, 6.07) is 3.63. The zero-order valence-corrected chi connectivity index (χ0v) is 13.7. The Balaban J connectivity index is 1.49. The molecule has 1 fully saturated rings. The Morgan fingerprint density at radius 1 is 1.33 bits per heavy atom. The second-order valence-corrected chi connectivity index (χ2v) is 6.85. The Bertz CT molecular complexity index is 834. The maximum atomic E-state index is 12.2. The van der Waals surface area contributed by atoms with Crippen molar-refractivity contribution < 1.29 is 4.79 Å². The molecule has 1 N–H and O–H groups in total. The van der Waals surface area contributed by atoms with E-state index >= 15 is 0 Å². The van der Waals surface area contributed by atoms with Crippen LogP contribution in [0.2, 0.25) is 0 Å². The van der Waals surface area contributed by atoms with Crippen molar-refractivity contribution in [2.75, 3.05) is 0 Å². The Hall–Kier alpha value is -2.44. The standard InChI is InChI=1S/C17H21N5O2/c1-21-10-18-16(20-21)17(24)19-13-5-6-14-12(8-13)4-7-15(23)22(14)9-11-2-3-11/h4,7,10-11,13H,2-3,5-6,8-9H2,1H3,(H,19,24)/t13-/m1/s1. The number of nitrogens with zero attached hydrogens (tertiary/aromatic N) is 4. The lowest BCUT2D eigenvalue weighted by Gasteiger charge is -2.27. The fraction of sp³-hybridized carbons (Fsp3) is 0.529. The van der Waals surface area contributed by atoms with Crippen molar-refractivity contribution in [3.05, 3.63) is 45.9 Å². The van der Waals surface area contributed by atoms with E-state index in [1.807, 2.05) is 10.6 Å². The van der Waals surface area contributed by atoms with E-state index in [1.165, 1.54) is 29.4 Å². The van der Waals surface area contributed by atoms with Crippen molar-refractivity contribution in [1.29, 1.82) is 0 Å². The van der Waals surface area contributed by atoms with Gasteiger partial charge < -0.3 is 9.88 Å². The lowest BCUT2D eigenvalue weighted by Crippen LogP contribution is -2.41. The molecule has 0 unspecified atom stereocenters. The maximum Gasteiger partial charge on any atom is 0.291 e. The highest BCUT2D eigenvalue weighted by Crippen LogP contribution is 2.31. The van der Waals surface area contributed by atoms with Gasteiger partial charge in [0.15, 0.2) is 0 Å². The van der Waals surface area contributed by atoms with Crippen LogP contribution < -0.4 is 10.9 Å². The molecule has 0 radical (unpaired) electrons. The number of hydrogen-bond acceptors (Lipinski definition) is 4. The summed E-state index contributed by atoms with van der Waals surface area (Å²) in [6.45, 7) is 0.844. The Morgan fingerprint density at radius 2 is 2.17 bits per heavy atom. The van der Waals surface area contributed by atoms with Crippen LogP contribution in [0.25, 0.3) is 0 Å². The summed E-state index contributed by atoms with van der Waals surface area (Å²) in [4.78, 5) is 28.4. The van der Waals surface area contributed by atoms with Gasteiger partial charge in [-0.3, -0.25) is 14.3 Å². The normalized spacial score (nSPS) is 19.8. The number of fused-ring (bicyclic) bond motifs is 1. The molecule has 126 valence electrons. The van der Waals surface area contributed by atoms with Gasteiger partial charge in [-0.1, -0.05) is 6.07 Å². The zero-order chi connectivity index (χ0) is 16.7. The molecule has 1 atom stereocenters. The lowest BCUT2D eigenvalue weighted by molar-refractivity contribution is 0.0922. The third-order valence-corrected chi connectivity index (χ3v) is 4.86. The predicted octanol–water partition coefficient (Wildman–Crippen LogP) is 0.674. The first-order chi connectivity index (χ1) is 11.6. The lowest BCUT2D eigenvalue weighted by atomic mass is 9.91. The third kappa shape index (κ3) is 2.98. The SMILES string of the molecule is Cn1cnc(C(=O)N[C@@H]2CCc3c(ccc(=O)n3CC3CC3)C2)n1. The first-order valence-corrected chi connectivity index (χ1v) is 8.48. The number of carbonyl (C=O) groups is 1. The number of aromatic nitrogens is 4. The molecule has 2 aliphatic carbocycles. The summed E-state index contributed by atoms with van der Waals surface area (Å²) in [5, 5.41) is 7.05. The van der Waals surface area contributed by atoms with Crippen molar-refractivity contribution >= 4 is 5.91 Å². The molecule has 7 nitrogen and oxygen atoms in total. The molecule has 2 heterocycles. The van der Waals surface area contributed by atoms with Crippen molar-refractivity contribution in [3.63, 3.8) is 0 Å². The Morgan fingerprint density at radius 3 is 2.88 bits per heavy atom. The predicted molar refractivity (Wildman–Crippen MR) is 87.7 cm³/mol. The van der Waals surface area contributed by atoms with Crippen molar-refractivity contribution in [2.45, 2.75) is 44.7 Å². The number of hydrogen-bond donors (Lipinski definition) is 1. The van der Waals surface area contributed by atoms with Crippen molar-refractivity contribution in [2.24, 2.45) is 13.0 Å². The van der Waals surface area contributed by atoms with Crippen LogP contribution in [0.15, 0.2) is 23.3 Å². The average Bonchev–Trinajstić information content (AvgIpc) is 3.28. The molecule has 2 aromatic heterocycles. The van der Waals surface area contributed by atoms with Gasteiger partial charge in [-0.15, -0.1) is 5.10 Å². The molecule has 0 spiro atoms. The molecule has 2 aliphatic rings. The summed E-state index contributed by atoms with van der Waals surface area (Å²) in [5.41, 5.74) is 2.41. The van der Waals surface area contributed by atoms with Gasteiger partial charge in [0, 0.05) is 31.4 Å². The van der Waals surface area contributed by atoms with Crippen LogP contribution in [0.3, 0.4) is 0 Å². The topological polar surface area (TPSA) is 81.8 Å². The monoisotopic (exact) mass is 327 g/mol. The first kappa shape index (κ1) is 15.1. The molecule has 1 saturated carbocycles. The highest BCUT2D eigenvalue weighted by atomic mass is 16.2. The number of nitrogens with one attached hydrogen (secondary N) is 1. The highest BCUT2D eigenvalue weighted by Gasteiger charge is 2.27. The van der Waals surface area contributed by atoms with Gasteiger partial charge in [-0.2, -0.15) is 0 Å². The van der Waals surface area contributed by atoms with Crippen LogP contribution in [0.4, 0.5) is 0 Å². The van der Waals surface area contributed by atoms with Crippen LogP contribution in [0, 0.1) is 5.92 Å². The molecular weight excluding hydrogens is 306 g/mol. The number of rotatable bonds is 4. The fourth-order valence-electron chi connectivity index (χ4n) is 3.40. The van der Waals surface area contributed by atoms with E-state index in [1.54, 1.807) is 13.1 Å². The molecule has 4 rings (SSSR count). The Labute approximate surface area is 139 Å². The van der Waals surface area contributed by atoms with Gasteiger partial charge in [0.2, 0.25) is 5.82 Å². The van der Waals surface area contributed by atoms with Crippen LogP contribution in [0.1, 0.15) is 41.1 Å². The summed E-state index contributed by atoms with van der Waals surface area (Å²) < 4.78 is 3.47. The van der Waals surface area contributed by atoms with E-state index < -0.39 is 0 Å². The number of amides is 1. The van der Waals surface area contributed by atoms with Gasteiger partial charge >= 0.3 is 0 Å². The maximum absolute atomic E-state index is 12.2. The molecule has 0 aromatic carbocycles. The van der Waals surface area contributed by atoms with E-state index in [0.717, 1.165) is 31.5 Å². The molecule has 0 aliphatic heterocycles. The van der Waals surface area contributed by atoms with Crippen LogP contribution in [-0.4, -0.2) is 31.3 Å². The van der Waals surface area contributed by atoms with Gasteiger partial charge in [-0.25, -0.2) is 4.98 Å².